The van der Waals surface area contributed by atoms with Crippen molar-refractivity contribution in [1.29, 1.82) is 0 Å². The van der Waals surface area contributed by atoms with Crippen molar-refractivity contribution in [3.05, 3.63) is 64.4 Å². The first-order valence-electron chi connectivity index (χ1n) is 7.08. The Morgan fingerprint density at radius 2 is 1.91 bits per heavy atom. The van der Waals surface area contributed by atoms with Crippen molar-refractivity contribution in [2.75, 3.05) is 13.2 Å². The number of unbranched alkanes of at least 4 members (excludes halogenated alkanes) is 1. The molecule has 0 unspecified atom stereocenters. The molecule has 22 heavy (non-hydrogen) atoms. The van der Waals surface area contributed by atoms with E-state index in [0.29, 0.717) is 17.6 Å². The Balaban J connectivity index is 1.65. The van der Waals surface area contributed by atoms with Crippen LogP contribution >= 0.6 is 15.9 Å². The maximum absolute atomic E-state index is 13.6. The summed E-state index contributed by atoms with van der Waals surface area (Å²) < 4.78 is 19.8. The molecule has 0 heterocycles. The van der Waals surface area contributed by atoms with E-state index >= 15 is 0 Å². The Bertz CT molecular complexity index is 619. The molecule has 1 amide bonds. The third-order valence-corrected chi connectivity index (χ3v) is 3.54. The van der Waals surface area contributed by atoms with E-state index in [1.165, 1.54) is 12.1 Å². The second kappa shape index (κ2) is 8.54. The summed E-state index contributed by atoms with van der Waals surface area (Å²) in [6.45, 7) is 1.08. The van der Waals surface area contributed by atoms with Crippen molar-refractivity contribution in [3.63, 3.8) is 0 Å². The lowest BCUT2D eigenvalue weighted by atomic mass is 10.2. The largest absolute Gasteiger partial charge is 0.494 e. The summed E-state index contributed by atoms with van der Waals surface area (Å²) in [5, 5.41) is 2.71. The third-order valence-electron chi connectivity index (χ3n) is 3.04. The topological polar surface area (TPSA) is 38.3 Å². The SMILES string of the molecule is O=C(NCCCCOc1ccccc1)c1ccc(Br)cc1F. The third kappa shape index (κ3) is 5.15. The minimum Gasteiger partial charge on any atom is -0.494 e. The molecule has 2 aromatic rings. The molecule has 0 saturated heterocycles. The standard InChI is InChI=1S/C17H17BrFNO2/c18-13-8-9-15(16(19)12-13)17(21)20-10-4-5-11-22-14-6-2-1-3-7-14/h1-3,6-9,12H,4-5,10-11H2,(H,20,21). The van der Waals surface area contributed by atoms with Gasteiger partial charge in [-0.15, -0.1) is 0 Å². The van der Waals surface area contributed by atoms with Gasteiger partial charge in [-0.05, 0) is 43.2 Å². The predicted octanol–water partition coefficient (Wildman–Crippen LogP) is 4.18. The molecule has 0 spiro atoms. The number of halogens is 2. The monoisotopic (exact) mass is 365 g/mol. The number of amides is 1. The Morgan fingerprint density at radius 1 is 1.14 bits per heavy atom. The second-order valence-electron chi connectivity index (χ2n) is 4.75. The fraction of sp³-hybridized carbons (Fsp3) is 0.235. The van der Waals surface area contributed by atoms with E-state index in [9.17, 15) is 9.18 Å². The predicted molar refractivity (Wildman–Crippen MR) is 87.6 cm³/mol. The molecule has 116 valence electrons. The van der Waals surface area contributed by atoms with E-state index in [1.54, 1.807) is 6.07 Å². The minimum atomic E-state index is -0.528. The second-order valence-corrected chi connectivity index (χ2v) is 5.66. The Hall–Kier alpha value is -1.88. The number of carbonyl (C=O) groups is 1. The zero-order valence-corrected chi connectivity index (χ0v) is 13.6. The highest BCUT2D eigenvalue weighted by atomic mass is 79.9. The van der Waals surface area contributed by atoms with E-state index in [1.807, 2.05) is 30.3 Å². The van der Waals surface area contributed by atoms with Gasteiger partial charge < -0.3 is 10.1 Å². The van der Waals surface area contributed by atoms with Crippen LogP contribution in [0.25, 0.3) is 0 Å². The zero-order valence-electron chi connectivity index (χ0n) is 12.0. The number of hydrogen-bond donors (Lipinski definition) is 1. The quantitative estimate of drug-likeness (QED) is 0.747. The van der Waals surface area contributed by atoms with Crippen LogP contribution in [-0.4, -0.2) is 19.1 Å². The van der Waals surface area contributed by atoms with Gasteiger partial charge in [0.05, 0.1) is 12.2 Å². The summed E-state index contributed by atoms with van der Waals surface area (Å²) in [6.07, 6.45) is 1.59. The normalized spacial score (nSPS) is 10.3. The molecular formula is C17H17BrFNO2. The van der Waals surface area contributed by atoms with Crippen LogP contribution in [0.3, 0.4) is 0 Å². The van der Waals surface area contributed by atoms with Crippen LogP contribution in [0.15, 0.2) is 53.0 Å². The molecule has 0 aliphatic heterocycles. The lowest BCUT2D eigenvalue weighted by Crippen LogP contribution is -2.25. The van der Waals surface area contributed by atoms with Gasteiger partial charge in [0.2, 0.25) is 0 Å². The van der Waals surface area contributed by atoms with E-state index in [4.69, 9.17) is 4.74 Å². The number of carbonyl (C=O) groups excluding carboxylic acids is 1. The number of hydrogen-bond acceptors (Lipinski definition) is 2. The van der Waals surface area contributed by atoms with Crippen LogP contribution in [0.1, 0.15) is 23.2 Å². The average molecular weight is 366 g/mol. The Labute approximate surface area is 137 Å². The molecule has 0 saturated carbocycles. The van der Waals surface area contributed by atoms with Gasteiger partial charge in [-0.1, -0.05) is 34.1 Å². The summed E-state index contributed by atoms with van der Waals surface area (Å²) in [7, 11) is 0. The molecule has 0 radical (unpaired) electrons. The van der Waals surface area contributed by atoms with E-state index in [2.05, 4.69) is 21.2 Å². The fourth-order valence-corrected chi connectivity index (χ4v) is 2.24. The Kier molecular flexibility index (Phi) is 6.40. The van der Waals surface area contributed by atoms with Crippen LogP contribution < -0.4 is 10.1 Å². The van der Waals surface area contributed by atoms with Crippen LogP contribution in [0.4, 0.5) is 4.39 Å². The van der Waals surface area contributed by atoms with Gasteiger partial charge in [-0.25, -0.2) is 4.39 Å². The smallest absolute Gasteiger partial charge is 0.254 e. The van der Waals surface area contributed by atoms with E-state index < -0.39 is 11.7 Å². The number of para-hydroxylation sites is 1. The number of nitrogens with one attached hydrogen (secondary N) is 1. The first-order valence-corrected chi connectivity index (χ1v) is 7.87. The molecule has 0 aromatic heterocycles. The van der Waals surface area contributed by atoms with Gasteiger partial charge in [0, 0.05) is 11.0 Å². The van der Waals surface area contributed by atoms with Gasteiger partial charge in [0.15, 0.2) is 0 Å². The molecule has 0 aliphatic rings. The highest BCUT2D eigenvalue weighted by Crippen LogP contribution is 2.15. The van der Waals surface area contributed by atoms with Crippen molar-refractivity contribution < 1.29 is 13.9 Å². The van der Waals surface area contributed by atoms with Crippen LogP contribution in [0, 0.1) is 5.82 Å². The molecule has 2 rings (SSSR count). The average Bonchev–Trinajstić information content (AvgIpc) is 2.51. The summed E-state index contributed by atoms with van der Waals surface area (Å²) in [5.41, 5.74) is 0.0590. The first kappa shape index (κ1) is 16.5. The maximum atomic E-state index is 13.6. The van der Waals surface area contributed by atoms with Crippen molar-refractivity contribution in [3.8, 4) is 5.75 Å². The van der Waals surface area contributed by atoms with Crippen molar-refractivity contribution in [2.45, 2.75) is 12.8 Å². The highest BCUT2D eigenvalue weighted by molar-refractivity contribution is 9.10. The summed E-state index contributed by atoms with van der Waals surface area (Å²) >= 11 is 3.16. The van der Waals surface area contributed by atoms with Crippen LogP contribution in [0.2, 0.25) is 0 Å². The minimum absolute atomic E-state index is 0.0590. The number of ether oxygens (including phenoxy) is 1. The molecule has 0 aliphatic carbocycles. The maximum Gasteiger partial charge on any atom is 0.254 e. The molecule has 0 atom stereocenters. The lowest BCUT2D eigenvalue weighted by molar-refractivity contribution is 0.0948. The zero-order chi connectivity index (χ0) is 15.8. The van der Waals surface area contributed by atoms with Gasteiger partial charge in [0.25, 0.3) is 5.91 Å². The molecule has 1 N–H and O–H groups in total. The summed E-state index contributed by atoms with van der Waals surface area (Å²) in [4.78, 5) is 11.8. The van der Waals surface area contributed by atoms with Crippen molar-refractivity contribution in [2.24, 2.45) is 0 Å². The molecular weight excluding hydrogens is 349 g/mol. The lowest BCUT2D eigenvalue weighted by Gasteiger charge is -2.08. The van der Waals surface area contributed by atoms with Gasteiger partial charge in [0.1, 0.15) is 11.6 Å². The Morgan fingerprint density at radius 3 is 2.64 bits per heavy atom. The van der Waals surface area contributed by atoms with Gasteiger partial charge >= 0.3 is 0 Å². The van der Waals surface area contributed by atoms with Gasteiger partial charge in [-0.2, -0.15) is 0 Å². The molecule has 0 bridgehead atoms. The number of benzene rings is 2. The highest BCUT2D eigenvalue weighted by Gasteiger charge is 2.10. The van der Waals surface area contributed by atoms with Gasteiger partial charge in [-0.3, -0.25) is 4.79 Å². The van der Waals surface area contributed by atoms with Crippen molar-refractivity contribution in [1.82, 2.24) is 5.32 Å². The molecule has 3 nitrogen and oxygen atoms in total. The van der Waals surface area contributed by atoms with Crippen LogP contribution in [0.5, 0.6) is 5.75 Å². The fourth-order valence-electron chi connectivity index (χ4n) is 1.90. The number of rotatable bonds is 7. The summed E-state index contributed by atoms with van der Waals surface area (Å²) in [6, 6.07) is 14.0. The van der Waals surface area contributed by atoms with E-state index in [-0.39, 0.29) is 5.56 Å². The summed E-state index contributed by atoms with van der Waals surface area (Å²) in [5.74, 6) is -0.0864. The first-order chi connectivity index (χ1) is 10.7. The van der Waals surface area contributed by atoms with E-state index in [0.717, 1.165) is 18.6 Å². The molecule has 5 heteroatoms. The molecule has 2 aromatic carbocycles. The van der Waals surface area contributed by atoms with Crippen molar-refractivity contribution >= 4 is 21.8 Å². The van der Waals surface area contributed by atoms with Crippen LogP contribution in [-0.2, 0) is 0 Å². The molecule has 0 fully saturated rings.